The van der Waals surface area contributed by atoms with E-state index in [1.165, 1.54) is 6.42 Å². The van der Waals surface area contributed by atoms with Gasteiger partial charge in [-0.2, -0.15) is 0 Å². The summed E-state index contributed by atoms with van der Waals surface area (Å²) in [6, 6.07) is 2.08. The van der Waals surface area contributed by atoms with Crippen molar-refractivity contribution >= 4 is 21.8 Å². The molecule has 0 unspecified atom stereocenters. The number of furan rings is 1. The molecule has 76 valence electrons. The normalized spacial score (nSPS) is 16.4. The van der Waals surface area contributed by atoms with Gasteiger partial charge in [-0.25, -0.2) is 0 Å². The molecular weight excluding hydrogens is 246 g/mol. The van der Waals surface area contributed by atoms with E-state index in [1.807, 2.05) is 0 Å². The van der Waals surface area contributed by atoms with Crippen LogP contribution < -0.4 is 5.32 Å². The maximum atomic E-state index is 11.7. The Labute approximate surface area is 91.0 Å². The summed E-state index contributed by atoms with van der Waals surface area (Å²) in [7, 11) is 0. The lowest BCUT2D eigenvalue weighted by Gasteiger charge is -2.26. The Morgan fingerprint density at radius 3 is 2.79 bits per heavy atom. The molecule has 1 aromatic rings. The van der Waals surface area contributed by atoms with E-state index in [2.05, 4.69) is 21.2 Å². The SMILES string of the molecule is Cc1oc(Br)cc1C(=O)NC1CCC1. The van der Waals surface area contributed by atoms with E-state index in [4.69, 9.17) is 4.42 Å². The van der Waals surface area contributed by atoms with Gasteiger partial charge in [-0.1, -0.05) is 0 Å². The van der Waals surface area contributed by atoms with Crippen molar-refractivity contribution in [1.82, 2.24) is 5.32 Å². The molecule has 0 bridgehead atoms. The van der Waals surface area contributed by atoms with Crippen LogP contribution >= 0.6 is 15.9 Å². The van der Waals surface area contributed by atoms with Gasteiger partial charge in [0, 0.05) is 12.1 Å². The molecule has 0 atom stereocenters. The minimum atomic E-state index is -0.0262. The van der Waals surface area contributed by atoms with Crippen LogP contribution in [0.1, 0.15) is 35.4 Å². The smallest absolute Gasteiger partial charge is 0.255 e. The molecule has 0 aromatic carbocycles. The fraction of sp³-hybridized carbons (Fsp3) is 0.500. The number of aryl methyl sites for hydroxylation is 1. The van der Waals surface area contributed by atoms with E-state index in [-0.39, 0.29) is 5.91 Å². The van der Waals surface area contributed by atoms with Gasteiger partial charge in [0.2, 0.25) is 0 Å². The van der Waals surface area contributed by atoms with Crippen LogP contribution in [0.15, 0.2) is 15.2 Å². The number of halogens is 1. The summed E-state index contributed by atoms with van der Waals surface area (Å²) in [4.78, 5) is 11.7. The molecule has 2 rings (SSSR count). The van der Waals surface area contributed by atoms with Crippen LogP contribution in [0.5, 0.6) is 0 Å². The van der Waals surface area contributed by atoms with Gasteiger partial charge in [0.15, 0.2) is 4.67 Å². The van der Waals surface area contributed by atoms with E-state index in [0.29, 0.717) is 22.0 Å². The van der Waals surface area contributed by atoms with Crippen molar-refractivity contribution in [3.8, 4) is 0 Å². The Morgan fingerprint density at radius 1 is 1.64 bits per heavy atom. The van der Waals surface area contributed by atoms with Crippen LogP contribution in [0.25, 0.3) is 0 Å². The van der Waals surface area contributed by atoms with Crippen molar-refractivity contribution in [1.29, 1.82) is 0 Å². The molecule has 0 spiro atoms. The molecule has 0 radical (unpaired) electrons. The first kappa shape index (κ1) is 9.77. The zero-order valence-electron chi connectivity index (χ0n) is 7.97. The van der Waals surface area contributed by atoms with Gasteiger partial charge in [-0.3, -0.25) is 4.79 Å². The summed E-state index contributed by atoms with van der Waals surface area (Å²) in [5.41, 5.74) is 0.628. The second kappa shape index (κ2) is 3.77. The predicted octanol–water partition coefficient (Wildman–Crippen LogP) is 2.63. The molecule has 0 aliphatic heterocycles. The summed E-state index contributed by atoms with van der Waals surface area (Å²) in [6.45, 7) is 1.79. The van der Waals surface area contributed by atoms with Gasteiger partial charge < -0.3 is 9.73 Å². The van der Waals surface area contributed by atoms with E-state index >= 15 is 0 Å². The zero-order valence-corrected chi connectivity index (χ0v) is 9.56. The maximum Gasteiger partial charge on any atom is 0.255 e. The molecule has 1 aliphatic rings. The number of amides is 1. The van der Waals surface area contributed by atoms with Crippen LogP contribution in [0.2, 0.25) is 0 Å². The number of hydrogen-bond acceptors (Lipinski definition) is 2. The molecular formula is C10H12BrNO2. The highest BCUT2D eigenvalue weighted by Gasteiger charge is 2.22. The van der Waals surface area contributed by atoms with Gasteiger partial charge in [0.25, 0.3) is 5.91 Å². The van der Waals surface area contributed by atoms with Gasteiger partial charge in [-0.15, -0.1) is 0 Å². The van der Waals surface area contributed by atoms with Crippen LogP contribution in [-0.2, 0) is 0 Å². The molecule has 1 fully saturated rings. The number of nitrogens with one attached hydrogen (secondary N) is 1. The first-order valence-corrected chi connectivity index (χ1v) is 5.53. The van der Waals surface area contributed by atoms with Gasteiger partial charge >= 0.3 is 0 Å². The zero-order chi connectivity index (χ0) is 10.1. The van der Waals surface area contributed by atoms with Crippen molar-refractivity contribution < 1.29 is 9.21 Å². The summed E-state index contributed by atoms with van der Waals surface area (Å²) < 4.78 is 5.83. The monoisotopic (exact) mass is 257 g/mol. The maximum absolute atomic E-state index is 11.7. The van der Waals surface area contributed by atoms with Crippen molar-refractivity contribution in [3.05, 3.63) is 22.1 Å². The van der Waals surface area contributed by atoms with Crippen molar-refractivity contribution in [2.24, 2.45) is 0 Å². The summed E-state index contributed by atoms with van der Waals surface area (Å²) >= 11 is 3.20. The Bertz CT molecular complexity index is 355. The minimum absolute atomic E-state index is 0.0262. The number of carbonyl (C=O) groups excluding carboxylic acids is 1. The number of hydrogen-bond donors (Lipinski definition) is 1. The molecule has 1 aromatic heterocycles. The highest BCUT2D eigenvalue weighted by molar-refractivity contribution is 9.10. The Balaban J connectivity index is 2.06. The Morgan fingerprint density at radius 2 is 2.36 bits per heavy atom. The van der Waals surface area contributed by atoms with Gasteiger partial charge in [-0.05, 0) is 42.1 Å². The van der Waals surface area contributed by atoms with E-state index < -0.39 is 0 Å². The Hall–Kier alpha value is -0.770. The highest BCUT2D eigenvalue weighted by atomic mass is 79.9. The number of carbonyl (C=O) groups is 1. The lowest BCUT2D eigenvalue weighted by molar-refractivity contribution is 0.0915. The van der Waals surface area contributed by atoms with Crippen molar-refractivity contribution in [3.63, 3.8) is 0 Å². The molecule has 1 aliphatic carbocycles. The summed E-state index contributed by atoms with van der Waals surface area (Å²) in [5, 5.41) is 2.97. The topological polar surface area (TPSA) is 42.2 Å². The lowest BCUT2D eigenvalue weighted by atomic mass is 9.93. The third-order valence-electron chi connectivity index (χ3n) is 2.57. The van der Waals surface area contributed by atoms with Gasteiger partial charge in [0.1, 0.15) is 5.76 Å². The summed E-state index contributed by atoms with van der Waals surface area (Å²) in [5.74, 6) is 0.635. The minimum Gasteiger partial charge on any atom is -0.454 e. The fourth-order valence-electron chi connectivity index (χ4n) is 1.49. The first-order valence-electron chi connectivity index (χ1n) is 4.73. The number of rotatable bonds is 2. The van der Waals surface area contributed by atoms with E-state index in [0.717, 1.165) is 12.8 Å². The lowest BCUT2D eigenvalue weighted by Crippen LogP contribution is -2.39. The van der Waals surface area contributed by atoms with Crippen LogP contribution in [0.4, 0.5) is 0 Å². The standard InChI is InChI=1S/C10H12BrNO2/c1-6-8(5-9(11)14-6)10(13)12-7-3-2-4-7/h5,7H,2-4H2,1H3,(H,12,13). The second-order valence-electron chi connectivity index (χ2n) is 3.62. The average molecular weight is 258 g/mol. The molecule has 1 N–H and O–H groups in total. The molecule has 1 heterocycles. The largest absolute Gasteiger partial charge is 0.454 e. The van der Waals surface area contributed by atoms with Crippen molar-refractivity contribution in [2.45, 2.75) is 32.2 Å². The van der Waals surface area contributed by atoms with Crippen molar-refractivity contribution in [2.75, 3.05) is 0 Å². The third kappa shape index (κ3) is 1.85. The summed E-state index contributed by atoms with van der Waals surface area (Å²) in [6.07, 6.45) is 3.42. The fourth-order valence-corrected chi connectivity index (χ4v) is 1.96. The highest BCUT2D eigenvalue weighted by Crippen LogP contribution is 2.22. The third-order valence-corrected chi connectivity index (χ3v) is 2.96. The Kier molecular flexibility index (Phi) is 2.63. The quantitative estimate of drug-likeness (QED) is 0.885. The molecule has 1 amide bonds. The molecule has 14 heavy (non-hydrogen) atoms. The first-order chi connectivity index (χ1) is 6.66. The van der Waals surface area contributed by atoms with E-state index in [1.54, 1.807) is 13.0 Å². The predicted molar refractivity (Wildman–Crippen MR) is 56.3 cm³/mol. The van der Waals surface area contributed by atoms with Gasteiger partial charge in [0.05, 0.1) is 5.56 Å². The van der Waals surface area contributed by atoms with Crippen LogP contribution in [-0.4, -0.2) is 11.9 Å². The molecule has 0 saturated heterocycles. The van der Waals surface area contributed by atoms with Crippen LogP contribution in [0.3, 0.4) is 0 Å². The average Bonchev–Trinajstić information content (AvgIpc) is 2.37. The van der Waals surface area contributed by atoms with E-state index in [9.17, 15) is 4.79 Å². The molecule has 4 heteroatoms. The second-order valence-corrected chi connectivity index (χ2v) is 4.40. The molecule has 3 nitrogen and oxygen atoms in total. The molecule has 1 saturated carbocycles. The van der Waals surface area contributed by atoms with Crippen LogP contribution in [0, 0.1) is 6.92 Å².